The summed E-state index contributed by atoms with van der Waals surface area (Å²) in [6, 6.07) is 0. The molecule has 0 spiro atoms. The summed E-state index contributed by atoms with van der Waals surface area (Å²) in [4.78, 5) is 0. The average molecular weight is 223 g/mol. The van der Waals surface area contributed by atoms with Crippen molar-refractivity contribution in [1.29, 1.82) is 0 Å². The summed E-state index contributed by atoms with van der Waals surface area (Å²) in [7, 11) is 0. The summed E-state index contributed by atoms with van der Waals surface area (Å²) in [6.45, 7) is 7.75. The summed E-state index contributed by atoms with van der Waals surface area (Å²) in [5.41, 5.74) is 1.30. The summed E-state index contributed by atoms with van der Waals surface area (Å²) in [5, 5.41) is 8.17. The number of aromatic nitrogens is 3. The molecule has 1 aromatic rings. The van der Waals surface area contributed by atoms with Crippen LogP contribution in [0.15, 0.2) is 6.20 Å². The van der Waals surface area contributed by atoms with Gasteiger partial charge in [-0.1, -0.05) is 45.2 Å². The van der Waals surface area contributed by atoms with E-state index in [1.54, 1.807) is 0 Å². The van der Waals surface area contributed by atoms with Crippen LogP contribution in [0.4, 0.5) is 0 Å². The minimum absolute atomic E-state index is 0.733. The van der Waals surface area contributed by atoms with E-state index in [1.807, 2.05) is 6.20 Å². The molecule has 0 aliphatic carbocycles. The van der Waals surface area contributed by atoms with E-state index < -0.39 is 0 Å². The van der Waals surface area contributed by atoms with Crippen molar-refractivity contribution in [1.82, 2.24) is 15.0 Å². The Morgan fingerprint density at radius 1 is 1.25 bits per heavy atom. The first kappa shape index (κ1) is 13.2. The van der Waals surface area contributed by atoms with Gasteiger partial charge in [-0.05, 0) is 25.2 Å². The lowest BCUT2D eigenvalue weighted by Gasteiger charge is -2.07. The van der Waals surface area contributed by atoms with Gasteiger partial charge in [-0.15, -0.1) is 5.10 Å². The molecule has 3 heteroatoms. The Morgan fingerprint density at radius 2 is 2.06 bits per heavy atom. The second-order valence-corrected chi connectivity index (χ2v) is 4.94. The lowest BCUT2D eigenvalue weighted by molar-refractivity contribution is 0.464. The topological polar surface area (TPSA) is 30.7 Å². The fourth-order valence-corrected chi connectivity index (χ4v) is 1.77. The van der Waals surface area contributed by atoms with Gasteiger partial charge in [0, 0.05) is 6.54 Å². The second kappa shape index (κ2) is 7.42. The van der Waals surface area contributed by atoms with Crippen molar-refractivity contribution in [2.75, 3.05) is 0 Å². The Kier molecular flexibility index (Phi) is 6.12. The predicted molar refractivity (Wildman–Crippen MR) is 67.3 cm³/mol. The first-order valence-electron chi connectivity index (χ1n) is 6.61. The lowest BCUT2D eigenvalue weighted by Crippen LogP contribution is -2.07. The lowest BCUT2D eigenvalue weighted by atomic mass is 10.1. The summed E-state index contributed by atoms with van der Waals surface area (Å²) in [6.07, 6.45) is 9.47. The van der Waals surface area contributed by atoms with Crippen LogP contribution >= 0.6 is 0 Å². The zero-order valence-corrected chi connectivity index (χ0v) is 10.9. The first-order valence-corrected chi connectivity index (χ1v) is 6.61. The Morgan fingerprint density at radius 3 is 2.75 bits per heavy atom. The minimum atomic E-state index is 0.733. The van der Waals surface area contributed by atoms with E-state index in [-0.39, 0.29) is 0 Å². The molecule has 0 aromatic carbocycles. The van der Waals surface area contributed by atoms with Crippen molar-refractivity contribution in [3.63, 3.8) is 0 Å². The monoisotopic (exact) mass is 223 g/mol. The molecule has 0 radical (unpaired) electrons. The number of hydrogen-bond donors (Lipinski definition) is 0. The smallest absolute Gasteiger partial charge is 0.0725 e. The van der Waals surface area contributed by atoms with Gasteiger partial charge < -0.3 is 0 Å². The molecule has 0 saturated carbocycles. The fourth-order valence-electron chi connectivity index (χ4n) is 1.77. The fraction of sp³-hybridized carbons (Fsp3) is 0.846. The molecule has 0 aliphatic heterocycles. The van der Waals surface area contributed by atoms with Crippen LogP contribution in [0.5, 0.6) is 0 Å². The van der Waals surface area contributed by atoms with E-state index in [4.69, 9.17) is 0 Å². The Bertz CT molecular complexity index is 278. The number of rotatable bonds is 8. The summed E-state index contributed by atoms with van der Waals surface area (Å²) in [5.74, 6) is 0.733. The molecule has 0 aliphatic rings. The van der Waals surface area contributed by atoms with Gasteiger partial charge >= 0.3 is 0 Å². The van der Waals surface area contributed by atoms with Crippen molar-refractivity contribution >= 4 is 0 Å². The molecule has 0 saturated heterocycles. The molecule has 1 heterocycles. The van der Waals surface area contributed by atoms with E-state index in [2.05, 4.69) is 35.8 Å². The maximum Gasteiger partial charge on any atom is 0.0725 e. The van der Waals surface area contributed by atoms with Gasteiger partial charge in [0.2, 0.25) is 0 Å². The number of hydrogen-bond acceptors (Lipinski definition) is 2. The van der Waals surface area contributed by atoms with Gasteiger partial charge in [0.05, 0.1) is 11.9 Å². The number of nitrogens with zero attached hydrogens (tertiary/aromatic N) is 3. The molecular weight excluding hydrogens is 198 g/mol. The molecule has 3 nitrogen and oxygen atoms in total. The van der Waals surface area contributed by atoms with Crippen LogP contribution in [0.3, 0.4) is 0 Å². The van der Waals surface area contributed by atoms with E-state index in [0.29, 0.717) is 0 Å². The maximum absolute atomic E-state index is 4.15. The maximum atomic E-state index is 4.15. The van der Waals surface area contributed by atoms with Crippen LogP contribution in [0.1, 0.15) is 58.6 Å². The van der Waals surface area contributed by atoms with Gasteiger partial charge in [0.25, 0.3) is 0 Å². The molecule has 0 atom stereocenters. The van der Waals surface area contributed by atoms with Crippen molar-refractivity contribution in [2.45, 2.75) is 65.8 Å². The SMILES string of the molecule is CCCCCCc1cnnn1CCC(C)C. The molecule has 0 fully saturated rings. The van der Waals surface area contributed by atoms with Crippen LogP contribution < -0.4 is 0 Å². The summed E-state index contributed by atoms with van der Waals surface area (Å²) < 4.78 is 2.08. The Balaban J connectivity index is 2.32. The molecular formula is C13H25N3. The molecule has 1 rings (SSSR count). The third-order valence-electron chi connectivity index (χ3n) is 2.90. The Labute approximate surface area is 99.2 Å². The quantitative estimate of drug-likeness (QED) is 0.632. The second-order valence-electron chi connectivity index (χ2n) is 4.94. The zero-order valence-electron chi connectivity index (χ0n) is 10.9. The van der Waals surface area contributed by atoms with Gasteiger partial charge in [0.15, 0.2) is 0 Å². The van der Waals surface area contributed by atoms with Crippen molar-refractivity contribution < 1.29 is 0 Å². The Hall–Kier alpha value is -0.860. The van der Waals surface area contributed by atoms with Gasteiger partial charge in [-0.3, -0.25) is 0 Å². The van der Waals surface area contributed by atoms with Gasteiger partial charge in [-0.25, -0.2) is 4.68 Å². The molecule has 0 N–H and O–H groups in total. The van der Waals surface area contributed by atoms with E-state index >= 15 is 0 Å². The highest BCUT2D eigenvalue weighted by Gasteiger charge is 2.04. The van der Waals surface area contributed by atoms with E-state index in [9.17, 15) is 0 Å². The normalized spacial score (nSPS) is 11.2. The molecule has 0 amide bonds. The van der Waals surface area contributed by atoms with Crippen LogP contribution in [-0.4, -0.2) is 15.0 Å². The zero-order chi connectivity index (χ0) is 11.8. The largest absolute Gasteiger partial charge is 0.249 e. The highest BCUT2D eigenvalue weighted by atomic mass is 15.4. The molecule has 0 unspecified atom stereocenters. The van der Waals surface area contributed by atoms with Crippen LogP contribution in [0.2, 0.25) is 0 Å². The van der Waals surface area contributed by atoms with Crippen LogP contribution in [0, 0.1) is 5.92 Å². The third-order valence-corrected chi connectivity index (χ3v) is 2.90. The minimum Gasteiger partial charge on any atom is -0.249 e. The van der Waals surface area contributed by atoms with Crippen molar-refractivity contribution in [3.05, 3.63) is 11.9 Å². The van der Waals surface area contributed by atoms with Crippen LogP contribution in [-0.2, 0) is 13.0 Å². The third kappa shape index (κ3) is 4.77. The predicted octanol–water partition coefficient (Wildman–Crippen LogP) is 3.45. The molecule has 0 bridgehead atoms. The highest BCUT2D eigenvalue weighted by Crippen LogP contribution is 2.08. The van der Waals surface area contributed by atoms with Gasteiger partial charge in [0.1, 0.15) is 0 Å². The number of aryl methyl sites for hydroxylation is 2. The first-order chi connectivity index (χ1) is 7.74. The molecule has 1 aromatic heterocycles. The average Bonchev–Trinajstić information content (AvgIpc) is 2.69. The highest BCUT2D eigenvalue weighted by molar-refractivity contribution is 4.93. The van der Waals surface area contributed by atoms with Crippen molar-refractivity contribution in [3.8, 4) is 0 Å². The van der Waals surface area contributed by atoms with Crippen molar-refractivity contribution in [2.24, 2.45) is 5.92 Å². The molecule has 92 valence electrons. The summed E-state index contributed by atoms with van der Waals surface area (Å²) >= 11 is 0. The molecule has 16 heavy (non-hydrogen) atoms. The standard InChI is InChI=1S/C13H25N3/c1-4-5-6-7-8-13-11-14-15-16(13)10-9-12(2)3/h11-12H,4-10H2,1-3H3. The van der Waals surface area contributed by atoms with E-state index in [1.165, 1.54) is 37.8 Å². The van der Waals surface area contributed by atoms with E-state index in [0.717, 1.165) is 18.9 Å². The van der Waals surface area contributed by atoms with Crippen LogP contribution in [0.25, 0.3) is 0 Å². The van der Waals surface area contributed by atoms with Gasteiger partial charge in [-0.2, -0.15) is 0 Å². The number of unbranched alkanes of at least 4 members (excludes halogenated alkanes) is 3.